The van der Waals surface area contributed by atoms with Crippen LogP contribution in [0.4, 0.5) is 26.3 Å². The van der Waals surface area contributed by atoms with E-state index in [1.165, 1.54) is 21.7 Å². The number of rotatable bonds is 6. The van der Waals surface area contributed by atoms with E-state index in [0.717, 1.165) is 12.1 Å². The van der Waals surface area contributed by atoms with Gasteiger partial charge < -0.3 is 4.98 Å². The van der Waals surface area contributed by atoms with E-state index in [9.17, 15) is 31.1 Å². The fraction of sp³-hybridized carbons (Fsp3) is 0.385. The van der Waals surface area contributed by atoms with E-state index in [0.29, 0.717) is 66.6 Å². The standard InChI is InChI=1S/C26H25F6N5O/c27-25(28,29)15-36-13-11-16(12-14-36)5-10-19-22(17-6-8-18(9-7-17)26(30,31)32)35-37(23(19)38)24-33-20-3-1-2-4-21(20)34-24/h1-4,6-9,16,35H,5,10-15H2,(H,33,34). The SMILES string of the molecule is O=c1c(CCC2CCN(CC(F)(F)F)CC2)c(-c2ccc(C(F)(F)F)cc2)[nH]n1-c1nc2ccccc2[nH]1. The molecule has 3 heterocycles. The molecule has 38 heavy (non-hydrogen) atoms. The molecule has 2 N–H and O–H groups in total. The van der Waals surface area contributed by atoms with Gasteiger partial charge in [0.2, 0.25) is 5.95 Å². The highest BCUT2D eigenvalue weighted by molar-refractivity contribution is 5.76. The molecule has 0 aliphatic carbocycles. The first-order valence-corrected chi connectivity index (χ1v) is 12.2. The molecule has 202 valence electrons. The number of nitrogens with one attached hydrogen (secondary N) is 2. The second-order valence-electron chi connectivity index (χ2n) is 9.63. The van der Waals surface area contributed by atoms with Crippen LogP contribution >= 0.6 is 0 Å². The lowest BCUT2D eigenvalue weighted by Crippen LogP contribution is -2.40. The summed E-state index contributed by atoms with van der Waals surface area (Å²) in [5, 5.41) is 3.02. The number of hydrogen-bond donors (Lipinski definition) is 2. The van der Waals surface area contributed by atoms with E-state index >= 15 is 0 Å². The Morgan fingerprint density at radius 3 is 2.26 bits per heavy atom. The Morgan fingerprint density at radius 2 is 1.63 bits per heavy atom. The highest BCUT2D eigenvalue weighted by Crippen LogP contribution is 2.32. The summed E-state index contributed by atoms with van der Waals surface area (Å²) in [6.07, 6.45) is -6.68. The first-order chi connectivity index (χ1) is 18.0. The van der Waals surface area contributed by atoms with Gasteiger partial charge in [0, 0.05) is 5.56 Å². The minimum absolute atomic E-state index is 0.133. The van der Waals surface area contributed by atoms with E-state index in [2.05, 4.69) is 15.1 Å². The van der Waals surface area contributed by atoms with Gasteiger partial charge in [-0.15, -0.1) is 0 Å². The molecule has 0 bridgehead atoms. The number of nitrogens with zero attached hydrogens (tertiary/aromatic N) is 3. The van der Waals surface area contributed by atoms with Gasteiger partial charge >= 0.3 is 12.4 Å². The summed E-state index contributed by atoms with van der Waals surface area (Å²) in [6, 6.07) is 11.8. The zero-order chi connectivity index (χ0) is 27.1. The maximum Gasteiger partial charge on any atom is 0.416 e. The van der Waals surface area contributed by atoms with Crippen molar-refractivity contribution in [2.45, 2.75) is 38.0 Å². The Hall–Kier alpha value is -3.54. The summed E-state index contributed by atoms with van der Waals surface area (Å²) < 4.78 is 78.7. The molecule has 0 spiro atoms. The Labute approximate surface area is 213 Å². The van der Waals surface area contributed by atoms with Gasteiger partial charge in [0.05, 0.1) is 28.8 Å². The first kappa shape index (κ1) is 26.1. The molecule has 1 aliphatic heterocycles. The van der Waals surface area contributed by atoms with Gasteiger partial charge in [-0.1, -0.05) is 24.3 Å². The molecule has 2 aromatic carbocycles. The third-order valence-corrected chi connectivity index (χ3v) is 6.99. The smallest absolute Gasteiger partial charge is 0.322 e. The molecule has 4 aromatic rings. The van der Waals surface area contributed by atoms with Crippen molar-refractivity contribution >= 4 is 11.0 Å². The van der Waals surface area contributed by atoms with Crippen molar-refractivity contribution in [1.29, 1.82) is 0 Å². The average molecular weight is 538 g/mol. The van der Waals surface area contributed by atoms with Crippen molar-refractivity contribution in [3.8, 4) is 17.2 Å². The monoisotopic (exact) mass is 537 g/mol. The van der Waals surface area contributed by atoms with Crippen molar-refractivity contribution in [3.63, 3.8) is 0 Å². The summed E-state index contributed by atoms with van der Waals surface area (Å²) in [7, 11) is 0. The average Bonchev–Trinajstić information content (AvgIpc) is 3.43. The maximum atomic E-state index is 13.5. The summed E-state index contributed by atoms with van der Waals surface area (Å²) in [5.74, 6) is 0.380. The van der Waals surface area contributed by atoms with Gasteiger partial charge in [0.25, 0.3) is 5.56 Å². The first-order valence-electron chi connectivity index (χ1n) is 12.2. The van der Waals surface area contributed by atoms with E-state index in [1.54, 1.807) is 6.07 Å². The molecule has 0 unspecified atom stereocenters. The van der Waals surface area contributed by atoms with Crippen molar-refractivity contribution in [2.75, 3.05) is 19.6 Å². The zero-order valence-corrected chi connectivity index (χ0v) is 20.2. The van der Waals surface area contributed by atoms with Gasteiger partial charge in [-0.2, -0.15) is 31.0 Å². The van der Waals surface area contributed by atoms with E-state index in [1.807, 2.05) is 18.2 Å². The maximum absolute atomic E-state index is 13.5. The molecular formula is C26H25F6N5O. The number of benzene rings is 2. The fourth-order valence-electron chi connectivity index (χ4n) is 5.00. The number of halogens is 6. The molecule has 0 radical (unpaired) electrons. The van der Waals surface area contributed by atoms with E-state index in [-0.39, 0.29) is 17.4 Å². The number of H-pyrrole nitrogens is 2. The molecular weight excluding hydrogens is 512 g/mol. The number of aromatic nitrogens is 4. The number of aromatic amines is 2. The molecule has 0 amide bonds. The predicted molar refractivity (Wildman–Crippen MR) is 130 cm³/mol. The number of likely N-dealkylation sites (tertiary alicyclic amines) is 1. The van der Waals surface area contributed by atoms with Crippen LogP contribution in [0.5, 0.6) is 0 Å². The minimum Gasteiger partial charge on any atom is -0.322 e. The molecule has 6 nitrogen and oxygen atoms in total. The zero-order valence-electron chi connectivity index (χ0n) is 20.2. The summed E-state index contributed by atoms with van der Waals surface area (Å²) in [4.78, 5) is 22.4. The van der Waals surface area contributed by atoms with Gasteiger partial charge in [-0.3, -0.25) is 14.8 Å². The lowest BCUT2D eigenvalue weighted by molar-refractivity contribution is -0.148. The molecule has 0 atom stereocenters. The number of piperidine rings is 1. The van der Waals surface area contributed by atoms with E-state index < -0.39 is 24.5 Å². The van der Waals surface area contributed by atoms with Crippen LogP contribution in [-0.4, -0.2) is 50.5 Å². The molecule has 0 saturated carbocycles. The van der Waals surface area contributed by atoms with Crippen molar-refractivity contribution in [2.24, 2.45) is 5.92 Å². The molecule has 5 rings (SSSR count). The number of para-hydroxylation sites is 2. The Morgan fingerprint density at radius 1 is 0.947 bits per heavy atom. The van der Waals surface area contributed by atoms with Crippen molar-refractivity contribution in [1.82, 2.24) is 24.6 Å². The summed E-state index contributed by atoms with van der Waals surface area (Å²) in [6.45, 7) is -0.281. The third-order valence-electron chi connectivity index (χ3n) is 6.99. The van der Waals surface area contributed by atoms with Gasteiger partial charge in [-0.25, -0.2) is 4.98 Å². The van der Waals surface area contributed by atoms with Crippen LogP contribution in [0.25, 0.3) is 28.2 Å². The molecule has 2 aromatic heterocycles. The fourth-order valence-corrected chi connectivity index (χ4v) is 5.00. The van der Waals surface area contributed by atoms with Crippen LogP contribution in [0.1, 0.15) is 30.4 Å². The molecule has 12 heteroatoms. The molecule has 1 saturated heterocycles. The highest BCUT2D eigenvalue weighted by Gasteiger charge is 2.33. The quantitative estimate of drug-likeness (QED) is 0.300. The molecule has 1 fully saturated rings. The van der Waals surface area contributed by atoms with Crippen molar-refractivity contribution < 1.29 is 26.3 Å². The van der Waals surface area contributed by atoms with Crippen LogP contribution < -0.4 is 5.56 Å². The Bertz CT molecular complexity index is 1420. The largest absolute Gasteiger partial charge is 0.416 e. The van der Waals surface area contributed by atoms with Gasteiger partial charge in [-0.05, 0) is 74.5 Å². The van der Waals surface area contributed by atoms with Crippen LogP contribution in [0.2, 0.25) is 0 Å². The van der Waals surface area contributed by atoms with Gasteiger partial charge in [0.1, 0.15) is 0 Å². The number of alkyl halides is 6. The number of fused-ring (bicyclic) bond motifs is 1. The third kappa shape index (κ3) is 5.64. The van der Waals surface area contributed by atoms with Crippen LogP contribution in [0.15, 0.2) is 53.3 Å². The van der Waals surface area contributed by atoms with Crippen molar-refractivity contribution in [3.05, 3.63) is 70.0 Å². The molecule has 1 aliphatic rings. The lowest BCUT2D eigenvalue weighted by atomic mass is 9.90. The number of hydrogen-bond acceptors (Lipinski definition) is 3. The van der Waals surface area contributed by atoms with E-state index in [4.69, 9.17) is 0 Å². The lowest BCUT2D eigenvalue weighted by Gasteiger charge is -2.32. The van der Waals surface area contributed by atoms with Crippen LogP contribution in [0, 0.1) is 5.92 Å². The summed E-state index contributed by atoms with van der Waals surface area (Å²) >= 11 is 0. The topological polar surface area (TPSA) is 69.7 Å². The van der Waals surface area contributed by atoms with Crippen LogP contribution in [-0.2, 0) is 12.6 Å². The minimum atomic E-state index is -4.49. The Balaban J connectivity index is 1.42. The summed E-state index contributed by atoms with van der Waals surface area (Å²) in [5.41, 5.74) is 1.38. The second kappa shape index (κ2) is 9.97. The second-order valence-corrected chi connectivity index (χ2v) is 9.63. The normalized spacial score (nSPS) is 15.9. The Kier molecular flexibility index (Phi) is 6.84. The predicted octanol–water partition coefficient (Wildman–Crippen LogP) is 5.93. The van der Waals surface area contributed by atoms with Gasteiger partial charge in [0.15, 0.2) is 0 Å². The highest BCUT2D eigenvalue weighted by atomic mass is 19.4. The van der Waals surface area contributed by atoms with Crippen LogP contribution in [0.3, 0.4) is 0 Å². The number of imidazole rings is 1.